The number of methoxy groups -OCH3 is 1. The molecule has 2 aromatic rings. The zero-order chi connectivity index (χ0) is 15.4. The van der Waals surface area contributed by atoms with Crippen LogP contribution in [0.1, 0.15) is 22.3 Å². The molecule has 3 N–H and O–H groups in total. The number of nitrogens with zero attached hydrogens (tertiary/aromatic N) is 1. The van der Waals surface area contributed by atoms with Crippen LogP contribution in [-0.2, 0) is 9.53 Å². The number of carboxylic acid groups (broad SMARTS) is 1. The van der Waals surface area contributed by atoms with Crippen LogP contribution in [0.4, 0.5) is 0 Å². The van der Waals surface area contributed by atoms with E-state index in [-0.39, 0.29) is 13.0 Å². The summed E-state index contributed by atoms with van der Waals surface area (Å²) in [5.74, 6) is -1.54. The highest BCUT2D eigenvalue weighted by molar-refractivity contribution is 6.06. The lowest BCUT2D eigenvalue weighted by Gasteiger charge is -2.14. The van der Waals surface area contributed by atoms with Crippen molar-refractivity contribution in [2.75, 3.05) is 13.7 Å². The molecule has 1 amide bonds. The number of nitrogens with one attached hydrogen (secondary N) is 2. The van der Waals surface area contributed by atoms with E-state index in [0.29, 0.717) is 11.1 Å². The zero-order valence-electron chi connectivity index (χ0n) is 11.8. The monoisotopic (exact) mass is 291 g/mol. The van der Waals surface area contributed by atoms with Crippen molar-refractivity contribution in [2.45, 2.75) is 19.4 Å². The van der Waals surface area contributed by atoms with Crippen LogP contribution >= 0.6 is 0 Å². The first-order valence-electron chi connectivity index (χ1n) is 6.49. The van der Waals surface area contributed by atoms with Crippen LogP contribution < -0.4 is 5.32 Å². The molecule has 2 rings (SSSR count). The Morgan fingerprint density at radius 2 is 2.24 bits per heavy atom. The summed E-state index contributed by atoms with van der Waals surface area (Å²) in [5.41, 5.74) is 1.87. The maximum atomic E-state index is 12.3. The van der Waals surface area contributed by atoms with Gasteiger partial charge in [-0.05, 0) is 24.6 Å². The Balaban J connectivity index is 2.25. The Labute approximate surface area is 121 Å². The fourth-order valence-corrected chi connectivity index (χ4v) is 2.12. The van der Waals surface area contributed by atoms with E-state index in [1.807, 2.05) is 13.0 Å². The molecule has 0 aliphatic rings. The minimum atomic E-state index is -1.09. The van der Waals surface area contributed by atoms with Crippen molar-refractivity contribution in [2.24, 2.45) is 0 Å². The molecule has 0 fully saturated rings. The van der Waals surface area contributed by atoms with Crippen molar-refractivity contribution in [1.29, 1.82) is 0 Å². The van der Waals surface area contributed by atoms with Gasteiger partial charge in [0.1, 0.15) is 6.04 Å². The molecule has 1 aromatic carbocycles. The highest BCUT2D eigenvalue weighted by Gasteiger charge is 2.22. The lowest BCUT2D eigenvalue weighted by molar-refractivity contribution is -0.139. The highest BCUT2D eigenvalue weighted by atomic mass is 16.5. The molecule has 21 heavy (non-hydrogen) atoms. The molecular weight excluding hydrogens is 274 g/mol. The molecule has 0 saturated carbocycles. The number of carbonyl (C=O) groups excluding carboxylic acids is 1. The molecule has 0 bridgehead atoms. The smallest absolute Gasteiger partial charge is 0.326 e. The van der Waals surface area contributed by atoms with Gasteiger partial charge in [-0.3, -0.25) is 9.89 Å². The second-order valence-electron chi connectivity index (χ2n) is 4.79. The Morgan fingerprint density at radius 1 is 1.48 bits per heavy atom. The summed E-state index contributed by atoms with van der Waals surface area (Å²) in [5, 5.41) is 19.1. The lowest BCUT2D eigenvalue weighted by Crippen LogP contribution is -2.41. The number of rotatable bonds is 6. The third-order valence-corrected chi connectivity index (χ3v) is 3.15. The summed E-state index contributed by atoms with van der Waals surface area (Å²) < 4.78 is 4.86. The van der Waals surface area contributed by atoms with Crippen LogP contribution in [0, 0.1) is 6.92 Å². The SMILES string of the molecule is COCCC(NC(=O)c1cc(C)cc2cn[nH]c12)C(=O)O. The second-order valence-corrected chi connectivity index (χ2v) is 4.79. The Bertz CT molecular complexity index is 665. The van der Waals surface area contributed by atoms with E-state index in [4.69, 9.17) is 9.84 Å². The number of ether oxygens (including phenoxy) is 1. The predicted molar refractivity (Wildman–Crippen MR) is 76.2 cm³/mol. The lowest BCUT2D eigenvalue weighted by atomic mass is 10.1. The molecule has 0 spiro atoms. The second kappa shape index (κ2) is 6.36. The average Bonchev–Trinajstić information content (AvgIpc) is 2.89. The van der Waals surface area contributed by atoms with Crippen LogP contribution in [0.3, 0.4) is 0 Å². The standard InChI is InChI=1S/C14H17N3O4/c1-8-5-9-7-15-17-12(9)10(6-8)13(18)16-11(14(19)20)3-4-21-2/h5-7,11H,3-4H2,1-2H3,(H,15,17)(H,16,18)(H,19,20). The third-order valence-electron chi connectivity index (χ3n) is 3.15. The van der Waals surface area contributed by atoms with Gasteiger partial charge in [-0.15, -0.1) is 0 Å². The number of benzene rings is 1. The van der Waals surface area contributed by atoms with Crippen LogP contribution in [0.5, 0.6) is 0 Å². The van der Waals surface area contributed by atoms with E-state index < -0.39 is 17.9 Å². The van der Waals surface area contributed by atoms with Crippen LogP contribution in [-0.4, -0.2) is 46.9 Å². The van der Waals surface area contributed by atoms with E-state index in [0.717, 1.165) is 10.9 Å². The van der Waals surface area contributed by atoms with Crippen molar-refractivity contribution >= 4 is 22.8 Å². The minimum Gasteiger partial charge on any atom is -0.480 e. The molecule has 0 aliphatic carbocycles. The molecule has 1 unspecified atom stereocenters. The van der Waals surface area contributed by atoms with Crippen LogP contribution in [0.25, 0.3) is 10.9 Å². The predicted octanol–water partition coefficient (Wildman–Crippen LogP) is 1.09. The Kier molecular flexibility index (Phi) is 4.54. The zero-order valence-corrected chi connectivity index (χ0v) is 11.8. The Hall–Kier alpha value is -2.41. The van der Waals surface area contributed by atoms with Gasteiger partial charge in [0.15, 0.2) is 0 Å². The fraction of sp³-hybridized carbons (Fsp3) is 0.357. The molecule has 0 radical (unpaired) electrons. The number of H-pyrrole nitrogens is 1. The molecule has 112 valence electrons. The number of fused-ring (bicyclic) bond motifs is 1. The summed E-state index contributed by atoms with van der Waals surface area (Å²) in [6, 6.07) is 2.61. The Morgan fingerprint density at radius 3 is 2.90 bits per heavy atom. The molecule has 1 atom stereocenters. The number of hydrogen-bond acceptors (Lipinski definition) is 4. The van der Waals surface area contributed by atoms with Gasteiger partial charge in [-0.25, -0.2) is 4.79 Å². The fourth-order valence-electron chi connectivity index (χ4n) is 2.12. The van der Waals surface area contributed by atoms with Gasteiger partial charge in [-0.1, -0.05) is 0 Å². The van der Waals surface area contributed by atoms with Gasteiger partial charge in [0.05, 0.1) is 17.3 Å². The van der Waals surface area contributed by atoms with Gasteiger partial charge in [0.2, 0.25) is 0 Å². The molecule has 0 saturated heterocycles. The van der Waals surface area contributed by atoms with E-state index in [1.54, 1.807) is 12.3 Å². The topological polar surface area (TPSA) is 104 Å². The quantitative estimate of drug-likeness (QED) is 0.739. The first-order valence-corrected chi connectivity index (χ1v) is 6.49. The van der Waals surface area contributed by atoms with Crippen LogP contribution in [0.2, 0.25) is 0 Å². The van der Waals surface area contributed by atoms with E-state index >= 15 is 0 Å². The number of aromatic nitrogens is 2. The summed E-state index contributed by atoms with van der Waals surface area (Å²) in [7, 11) is 1.48. The number of aryl methyl sites for hydroxylation is 1. The number of aliphatic carboxylic acids is 1. The molecular formula is C14H17N3O4. The van der Waals surface area contributed by atoms with Gasteiger partial charge < -0.3 is 15.2 Å². The largest absolute Gasteiger partial charge is 0.480 e. The average molecular weight is 291 g/mol. The first kappa shape index (κ1) is 15.0. The third kappa shape index (κ3) is 3.38. The highest BCUT2D eigenvalue weighted by Crippen LogP contribution is 2.18. The molecule has 0 aliphatic heterocycles. The molecule has 7 nitrogen and oxygen atoms in total. The van der Waals surface area contributed by atoms with Gasteiger partial charge in [0.25, 0.3) is 5.91 Å². The molecule has 7 heteroatoms. The number of amides is 1. The van der Waals surface area contributed by atoms with Crippen molar-refractivity contribution in [3.63, 3.8) is 0 Å². The van der Waals surface area contributed by atoms with Gasteiger partial charge in [-0.2, -0.15) is 5.10 Å². The maximum absolute atomic E-state index is 12.3. The van der Waals surface area contributed by atoms with Gasteiger partial charge >= 0.3 is 5.97 Å². The molecule has 1 heterocycles. The maximum Gasteiger partial charge on any atom is 0.326 e. The normalized spacial score (nSPS) is 12.3. The molecule has 1 aromatic heterocycles. The summed E-state index contributed by atoms with van der Waals surface area (Å²) in [6.45, 7) is 2.12. The van der Waals surface area contributed by atoms with Crippen molar-refractivity contribution < 1.29 is 19.4 Å². The van der Waals surface area contributed by atoms with E-state index in [2.05, 4.69) is 15.5 Å². The van der Waals surface area contributed by atoms with Crippen molar-refractivity contribution in [3.8, 4) is 0 Å². The van der Waals surface area contributed by atoms with Gasteiger partial charge in [0, 0.05) is 25.5 Å². The summed E-state index contributed by atoms with van der Waals surface area (Å²) in [4.78, 5) is 23.5. The van der Waals surface area contributed by atoms with E-state index in [9.17, 15) is 9.59 Å². The van der Waals surface area contributed by atoms with Crippen LogP contribution in [0.15, 0.2) is 18.3 Å². The van der Waals surface area contributed by atoms with Crippen molar-refractivity contribution in [3.05, 3.63) is 29.5 Å². The van der Waals surface area contributed by atoms with E-state index in [1.165, 1.54) is 7.11 Å². The number of carbonyl (C=O) groups is 2. The number of aromatic amines is 1. The number of carboxylic acids is 1. The summed E-state index contributed by atoms with van der Waals surface area (Å²) >= 11 is 0. The number of hydrogen-bond donors (Lipinski definition) is 3. The first-order chi connectivity index (χ1) is 10.0. The minimum absolute atomic E-state index is 0.204. The summed E-state index contributed by atoms with van der Waals surface area (Å²) in [6.07, 6.45) is 1.83. The van der Waals surface area contributed by atoms with Crippen molar-refractivity contribution in [1.82, 2.24) is 15.5 Å².